The van der Waals surface area contributed by atoms with Crippen LogP contribution in [-0.4, -0.2) is 0 Å². The van der Waals surface area contributed by atoms with E-state index in [1.807, 2.05) is 18.2 Å². The number of hydrogen-bond donors (Lipinski definition) is 0. The molecule has 0 heterocycles. The van der Waals surface area contributed by atoms with Crippen molar-refractivity contribution in [1.29, 1.82) is 0 Å². The van der Waals surface area contributed by atoms with Crippen LogP contribution in [0.2, 0.25) is 0 Å². The number of hydrogen-bond acceptors (Lipinski definition) is 1. The average Bonchev–Trinajstić information content (AvgIpc) is 2.03. The van der Waals surface area contributed by atoms with E-state index in [1.165, 1.54) is 0 Å². The minimum atomic E-state index is 0. The quantitative estimate of drug-likeness (QED) is 0.594. The van der Waals surface area contributed by atoms with Crippen molar-refractivity contribution < 1.29 is 24.0 Å². The first-order chi connectivity index (χ1) is 6.04. The summed E-state index contributed by atoms with van der Waals surface area (Å²) in [5.74, 6) is 0.880. The van der Waals surface area contributed by atoms with Crippen LogP contribution in [0.15, 0.2) is 18.2 Å². The molecule has 0 atom stereocenters. The van der Waals surface area contributed by atoms with Crippen LogP contribution in [0.25, 0.3) is 0 Å². The van der Waals surface area contributed by atoms with Gasteiger partial charge in [-0.3, -0.25) is 0 Å². The fourth-order valence-electron chi connectivity index (χ4n) is 1.48. The first-order valence-corrected chi connectivity index (χ1v) is 4.83. The molecule has 0 N–H and O–H groups in total. The standard InChI is InChI=1S/C12H18O.Li/c1-8(2)10-6-5-7-11(9(3)4)12(10)13;/h5-9,13H,1-4H3;/q;+1/p-1. The maximum atomic E-state index is 11.9. The second-order valence-electron chi connectivity index (χ2n) is 4.07. The van der Waals surface area contributed by atoms with Gasteiger partial charge in [0.1, 0.15) is 0 Å². The Morgan fingerprint density at radius 1 is 0.929 bits per heavy atom. The average molecular weight is 184 g/mol. The first kappa shape index (κ1) is 13.6. The molecule has 0 radical (unpaired) electrons. The molecular formula is C12H17LiO. The fourth-order valence-corrected chi connectivity index (χ4v) is 1.48. The van der Waals surface area contributed by atoms with Gasteiger partial charge in [-0.15, -0.1) is 5.75 Å². The first-order valence-electron chi connectivity index (χ1n) is 4.83. The maximum absolute atomic E-state index is 11.9. The SMILES string of the molecule is CC(C)c1cccc(C(C)C)c1[O-].[Li+]. The van der Waals surface area contributed by atoms with Crippen LogP contribution in [0.5, 0.6) is 5.75 Å². The molecule has 1 rings (SSSR count). The van der Waals surface area contributed by atoms with Gasteiger partial charge in [0.25, 0.3) is 0 Å². The van der Waals surface area contributed by atoms with Gasteiger partial charge in [0.15, 0.2) is 0 Å². The molecule has 0 amide bonds. The molecule has 0 spiro atoms. The van der Waals surface area contributed by atoms with Gasteiger partial charge in [0.2, 0.25) is 0 Å². The van der Waals surface area contributed by atoms with E-state index in [4.69, 9.17) is 0 Å². The molecule has 0 aliphatic carbocycles. The van der Waals surface area contributed by atoms with Crippen molar-refractivity contribution >= 4 is 0 Å². The third kappa shape index (κ3) is 2.80. The molecule has 72 valence electrons. The third-order valence-electron chi connectivity index (χ3n) is 2.32. The maximum Gasteiger partial charge on any atom is 1.00 e. The Kier molecular flexibility index (Phi) is 5.34. The monoisotopic (exact) mass is 184 g/mol. The minimum absolute atomic E-state index is 0. The Bertz CT molecular complexity index is 266. The van der Waals surface area contributed by atoms with Crippen LogP contribution in [0.1, 0.15) is 50.7 Å². The molecule has 14 heavy (non-hydrogen) atoms. The predicted octanol–water partition coefficient (Wildman–Crippen LogP) is 0.0110. The summed E-state index contributed by atoms with van der Waals surface area (Å²) in [6, 6.07) is 5.84. The summed E-state index contributed by atoms with van der Waals surface area (Å²) in [5.41, 5.74) is 1.87. The summed E-state index contributed by atoms with van der Waals surface area (Å²) in [5, 5.41) is 11.9. The van der Waals surface area contributed by atoms with Crippen LogP contribution in [0.4, 0.5) is 0 Å². The summed E-state index contributed by atoms with van der Waals surface area (Å²) in [4.78, 5) is 0. The molecule has 0 bridgehead atoms. The number of rotatable bonds is 2. The van der Waals surface area contributed by atoms with E-state index < -0.39 is 0 Å². The van der Waals surface area contributed by atoms with E-state index in [0.29, 0.717) is 11.8 Å². The minimum Gasteiger partial charge on any atom is -0.872 e. The van der Waals surface area contributed by atoms with Crippen molar-refractivity contribution in [2.24, 2.45) is 0 Å². The molecule has 0 aliphatic heterocycles. The molecule has 0 aromatic heterocycles. The van der Waals surface area contributed by atoms with Crippen molar-refractivity contribution in [1.82, 2.24) is 0 Å². The molecule has 2 heteroatoms. The van der Waals surface area contributed by atoms with Crippen LogP contribution >= 0.6 is 0 Å². The molecule has 1 aromatic rings. The Balaban J connectivity index is 0.00000169. The van der Waals surface area contributed by atoms with E-state index in [-0.39, 0.29) is 24.6 Å². The zero-order valence-corrected chi connectivity index (χ0v) is 9.79. The van der Waals surface area contributed by atoms with E-state index in [1.54, 1.807) is 0 Å². The van der Waals surface area contributed by atoms with Crippen LogP contribution < -0.4 is 24.0 Å². The van der Waals surface area contributed by atoms with Crippen molar-refractivity contribution in [2.75, 3.05) is 0 Å². The number of benzene rings is 1. The zero-order valence-electron chi connectivity index (χ0n) is 9.79. The summed E-state index contributed by atoms with van der Waals surface area (Å²) < 4.78 is 0. The molecule has 0 aliphatic rings. The second-order valence-corrected chi connectivity index (χ2v) is 4.07. The topological polar surface area (TPSA) is 23.1 Å². The van der Waals surface area contributed by atoms with Gasteiger partial charge in [-0.2, -0.15) is 0 Å². The summed E-state index contributed by atoms with van der Waals surface area (Å²) in [6.45, 7) is 8.23. The van der Waals surface area contributed by atoms with Crippen LogP contribution in [-0.2, 0) is 0 Å². The van der Waals surface area contributed by atoms with Crippen molar-refractivity contribution in [2.45, 2.75) is 39.5 Å². The van der Waals surface area contributed by atoms with Gasteiger partial charge in [-0.1, -0.05) is 57.0 Å². The van der Waals surface area contributed by atoms with Crippen LogP contribution in [0, 0.1) is 0 Å². The summed E-state index contributed by atoms with van der Waals surface area (Å²) in [6.07, 6.45) is 0. The van der Waals surface area contributed by atoms with Gasteiger partial charge in [-0.25, -0.2) is 0 Å². The Hall–Kier alpha value is -0.383. The smallest absolute Gasteiger partial charge is 0.872 e. The van der Waals surface area contributed by atoms with Gasteiger partial charge < -0.3 is 5.11 Å². The van der Waals surface area contributed by atoms with Gasteiger partial charge in [-0.05, 0) is 11.8 Å². The molecule has 1 nitrogen and oxygen atoms in total. The van der Waals surface area contributed by atoms with Gasteiger partial charge in [0, 0.05) is 0 Å². The van der Waals surface area contributed by atoms with E-state index in [0.717, 1.165) is 11.1 Å². The summed E-state index contributed by atoms with van der Waals surface area (Å²) >= 11 is 0. The van der Waals surface area contributed by atoms with E-state index in [9.17, 15) is 5.11 Å². The Labute approximate surface area is 98.7 Å². The predicted molar refractivity (Wildman–Crippen MR) is 54.1 cm³/mol. The zero-order chi connectivity index (χ0) is 10.0. The normalized spacial score (nSPS) is 10.4. The molecule has 0 fully saturated rings. The third-order valence-corrected chi connectivity index (χ3v) is 2.32. The Morgan fingerprint density at radius 3 is 1.57 bits per heavy atom. The summed E-state index contributed by atoms with van der Waals surface area (Å²) in [7, 11) is 0. The fraction of sp³-hybridized carbons (Fsp3) is 0.500. The molecule has 0 saturated heterocycles. The molecule has 0 saturated carbocycles. The molecule has 1 aromatic carbocycles. The van der Waals surface area contributed by atoms with Gasteiger partial charge in [0.05, 0.1) is 0 Å². The van der Waals surface area contributed by atoms with Crippen LogP contribution in [0.3, 0.4) is 0 Å². The van der Waals surface area contributed by atoms with E-state index in [2.05, 4.69) is 27.7 Å². The molecule has 0 unspecified atom stereocenters. The number of para-hydroxylation sites is 1. The van der Waals surface area contributed by atoms with E-state index >= 15 is 0 Å². The van der Waals surface area contributed by atoms with Gasteiger partial charge >= 0.3 is 18.9 Å². The van der Waals surface area contributed by atoms with Crippen molar-refractivity contribution in [3.8, 4) is 5.75 Å². The van der Waals surface area contributed by atoms with Crippen molar-refractivity contribution in [3.05, 3.63) is 29.3 Å². The largest absolute Gasteiger partial charge is 1.00 e. The second kappa shape index (κ2) is 5.49. The molecular weight excluding hydrogens is 167 g/mol. The van der Waals surface area contributed by atoms with Crippen molar-refractivity contribution in [3.63, 3.8) is 0 Å². The Morgan fingerprint density at radius 2 is 1.29 bits per heavy atom.